The SMILES string of the molecule is O=C(CSCc1ccccc1)NCCN1CCN(c2ccc(Cl)cc2)CC1. The summed E-state index contributed by atoms with van der Waals surface area (Å²) in [5.74, 6) is 1.51. The molecule has 0 atom stereocenters. The van der Waals surface area contributed by atoms with E-state index < -0.39 is 0 Å². The molecule has 0 saturated carbocycles. The highest BCUT2D eigenvalue weighted by Crippen LogP contribution is 2.19. The van der Waals surface area contributed by atoms with Crippen LogP contribution in [0.25, 0.3) is 0 Å². The lowest BCUT2D eigenvalue weighted by atomic mass is 10.2. The summed E-state index contributed by atoms with van der Waals surface area (Å²) in [7, 11) is 0. The van der Waals surface area contributed by atoms with Crippen LogP contribution < -0.4 is 10.2 Å². The standard InChI is InChI=1S/C21H26ClN3OS/c22-19-6-8-20(9-7-19)25-14-12-24(13-15-25)11-10-23-21(26)17-27-16-18-4-2-1-3-5-18/h1-9H,10-17H2,(H,23,26). The topological polar surface area (TPSA) is 35.6 Å². The summed E-state index contributed by atoms with van der Waals surface area (Å²) in [6, 6.07) is 18.3. The summed E-state index contributed by atoms with van der Waals surface area (Å²) in [4.78, 5) is 16.8. The second kappa shape index (κ2) is 10.6. The average Bonchev–Trinajstić information content (AvgIpc) is 2.70. The van der Waals surface area contributed by atoms with E-state index >= 15 is 0 Å². The molecule has 1 saturated heterocycles. The van der Waals surface area contributed by atoms with Gasteiger partial charge in [0, 0.05) is 55.7 Å². The summed E-state index contributed by atoms with van der Waals surface area (Å²) in [5.41, 5.74) is 2.48. The van der Waals surface area contributed by atoms with Crippen LogP contribution in [0.5, 0.6) is 0 Å². The molecule has 0 unspecified atom stereocenters. The maximum atomic E-state index is 12.0. The molecule has 144 valence electrons. The normalized spacial score (nSPS) is 14.9. The van der Waals surface area contributed by atoms with E-state index in [2.05, 4.69) is 39.4 Å². The third-order valence-corrected chi connectivity index (χ3v) is 5.91. The molecule has 0 bridgehead atoms. The number of rotatable bonds is 8. The Bertz CT molecular complexity index is 703. The van der Waals surface area contributed by atoms with Gasteiger partial charge in [-0.05, 0) is 29.8 Å². The van der Waals surface area contributed by atoms with E-state index in [-0.39, 0.29) is 5.91 Å². The van der Waals surface area contributed by atoms with Crippen molar-refractivity contribution in [1.82, 2.24) is 10.2 Å². The van der Waals surface area contributed by atoms with Gasteiger partial charge in [0.2, 0.25) is 5.91 Å². The fourth-order valence-electron chi connectivity index (χ4n) is 3.12. The zero-order chi connectivity index (χ0) is 18.9. The lowest BCUT2D eigenvalue weighted by molar-refractivity contribution is -0.118. The van der Waals surface area contributed by atoms with Gasteiger partial charge in [-0.2, -0.15) is 0 Å². The third kappa shape index (κ3) is 6.76. The Morgan fingerprint density at radius 3 is 2.41 bits per heavy atom. The monoisotopic (exact) mass is 403 g/mol. The van der Waals surface area contributed by atoms with Gasteiger partial charge in [-0.15, -0.1) is 11.8 Å². The van der Waals surface area contributed by atoms with Gasteiger partial charge in [0.15, 0.2) is 0 Å². The molecule has 1 N–H and O–H groups in total. The van der Waals surface area contributed by atoms with E-state index in [1.165, 1.54) is 11.3 Å². The number of nitrogens with zero attached hydrogens (tertiary/aromatic N) is 2. The van der Waals surface area contributed by atoms with Crippen LogP contribution in [0.3, 0.4) is 0 Å². The van der Waals surface area contributed by atoms with Gasteiger partial charge >= 0.3 is 0 Å². The number of amides is 1. The van der Waals surface area contributed by atoms with Crippen molar-refractivity contribution in [2.24, 2.45) is 0 Å². The quantitative estimate of drug-likeness (QED) is 0.731. The first-order valence-electron chi connectivity index (χ1n) is 9.32. The summed E-state index contributed by atoms with van der Waals surface area (Å²) in [6.07, 6.45) is 0. The van der Waals surface area contributed by atoms with Gasteiger partial charge in [0.25, 0.3) is 0 Å². The minimum absolute atomic E-state index is 0.121. The van der Waals surface area contributed by atoms with E-state index in [0.29, 0.717) is 12.3 Å². The molecule has 27 heavy (non-hydrogen) atoms. The van der Waals surface area contributed by atoms with Crippen molar-refractivity contribution in [3.05, 3.63) is 65.2 Å². The highest BCUT2D eigenvalue weighted by atomic mass is 35.5. The van der Waals surface area contributed by atoms with Gasteiger partial charge in [0.05, 0.1) is 5.75 Å². The average molecular weight is 404 g/mol. The number of hydrogen-bond acceptors (Lipinski definition) is 4. The molecule has 1 aliphatic heterocycles. The highest BCUT2D eigenvalue weighted by Gasteiger charge is 2.17. The maximum absolute atomic E-state index is 12.0. The summed E-state index contributed by atoms with van der Waals surface area (Å²) in [6.45, 7) is 5.66. The summed E-state index contributed by atoms with van der Waals surface area (Å²) >= 11 is 7.61. The van der Waals surface area contributed by atoms with Crippen molar-refractivity contribution in [2.75, 3.05) is 49.9 Å². The number of carbonyl (C=O) groups is 1. The fourth-order valence-corrected chi connectivity index (χ4v) is 4.07. The molecule has 3 rings (SSSR count). The zero-order valence-corrected chi connectivity index (χ0v) is 17.0. The molecule has 1 fully saturated rings. The molecule has 0 radical (unpaired) electrons. The van der Waals surface area contributed by atoms with Crippen LogP contribution in [-0.4, -0.2) is 55.8 Å². The van der Waals surface area contributed by atoms with E-state index in [0.717, 1.165) is 43.5 Å². The first-order chi connectivity index (χ1) is 13.2. The molecule has 6 heteroatoms. The van der Waals surface area contributed by atoms with Gasteiger partial charge in [0.1, 0.15) is 0 Å². The van der Waals surface area contributed by atoms with Gasteiger partial charge in [-0.3, -0.25) is 9.69 Å². The van der Waals surface area contributed by atoms with Crippen LogP contribution in [0, 0.1) is 0 Å². The molecule has 2 aromatic rings. The van der Waals surface area contributed by atoms with Crippen LogP contribution in [0.15, 0.2) is 54.6 Å². The molecule has 4 nitrogen and oxygen atoms in total. The van der Waals surface area contributed by atoms with Crippen molar-refractivity contribution in [3.8, 4) is 0 Å². The lowest BCUT2D eigenvalue weighted by Crippen LogP contribution is -2.48. The summed E-state index contributed by atoms with van der Waals surface area (Å²) < 4.78 is 0. The van der Waals surface area contributed by atoms with Crippen LogP contribution in [0.1, 0.15) is 5.56 Å². The Labute approximate surface area is 170 Å². The molecule has 0 aliphatic carbocycles. The van der Waals surface area contributed by atoms with Gasteiger partial charge in [-0.1, -0.05) is 41.9 Å². The smallest absolute Gasteiger partial charge is 0.230 e. The number of nitrogens with one attached hydrogen (secondary N) is 1. The number of halogens is 1. The van der Waals surface area contributed by atoms with Crippen LogP contribution >= 0.6 is 23.4 Å². The Balaban J connectivity index is 1.27. The van der Waals surface area contributed by atoms with Gasteiger partial charge < -0.3 is 10.2 Å². The number of anilines is 1. The molecule has 0 spiro atoms. The minimum Gasteiger partial charge on any atom is -0.369 e. The van der Waals surface area contributed by atoms with E-state index in [1.807, 2.05) is 30.3 Å². The van der Waals surface area contributed by atoms with Crippen molar-refractivity contribution in [3.63, 3.8) is 0 Å². The van der Waals surface area contributed by atoms with Crippen molar-refractivity contribution in [1.29, 1.82) is 0 Å². The van der Waals surface area contributed by atoms with Crippen LogP contribution in [-0.2, 0) is 10.5 Å². The molecule has 1 heterocycles. The third-order valence-electron chi connectivity index (χ3n) is 4.66. The molecular weight excluding hydrogens is 378 g/mol. The highest BCUT2D eigenvalue weighted by molar-refractivity contribution is 7.99. The van der Waals surface area contributed by atoms with Crippen LogP contribution in [0.2, 0.25) is 5.02 Å². The second-order valence-corrected chi connectivity index (χ2v) is 8.06. The predicted octanol–water partition coefficient (Wildman–Crippen LogP) is 3.51. The Kier molecular flexibility index (Phi) is 7.87. The lowest BCUT2D eigenvalue weighted by Gasteiger charge is -2.36. The van der Waals surface area contributed by atoms with Gasteiger partial charge in [-0.25, -0.2) is 0 Å². The Morgan fingerprint density at radius 2 is 1.70 bits per heavy atom. The fraction of sp³-hybridized carbons (Fsp3) is 0.381. The van der Waals surface area contributed by atoms with E-state index in [4.69, 9.17) is 11.6 Å². The minimum atomic E-state index is 0.121. The maximum Gasteiger partial charge on any atom is 0.230 e. The number of carbonyl (C=O) groups excluding carboxylic acids is 1. The second-order valence-electron chi connectivity index (χ2n) is 6.63. The van der Waals surface area contributed by atoms with E-state index in [9.17, 15) is 4.79 Å². The van der Waals surface area contributed by atoms with Crippen LogP contribution in [0.4, 0.5) is 5.69 Å². The molecular formula is C21H26ClN3OS. The predicted molar refractivity (Wildman–Crippen MR) is 116 cm³/mol. The van der Waals surface area contributed by atoms with Crippen molar-refractivity contribution < 1.29 is 4.79 Å². The Morgan fingerprint density at radius 1 is 1.00 bits per heavy atom. The molecule has 1 amide bonds. The number of thioether (sulfide) groups is 1. The first-order valence-corrected chi connectivity index (χ1v) is 10.9. The van der Waals surface area contributed by atoms with E-state index in [1.54, 1.807) is 11.8 Å². The number of piperazine rings is 1. The van der Waals surface area contributed by atoms with Crippen molar-refractivity contribution >= 4 is 35.0 Å². The Hall–Kier alpha value is -1.69. The summed E-state index contributed by atoms with van der Waals surface area (Å²) in [5, 5.41) is 3.81. The van der Waals surface area contributed by atoms with Crippen molar-refractivity contribution in [2.45, 2.75) is 5.75 Å². The number of benzene rings is 2. The first kappa shape index (κ1) is 20.1. The number of hydrogen-bond donors (Lipinski definition) is 1. The molecule has 1 aliphatic rings. The largest absolute Gasteiger partial charge is 0.369 e. The molecule has 2 aromatic carbocycles. The molecule has 0 aromatic heterocycles. The zero-order valence-electron chi connectivity index (χ0n) is 15.4.